The van der Waals surface area contributed by atoms with Crippen LogP contribution in [0, 0.1) is 0 Å². The van der Waals surface area contributed by atoms with Crippen LogP contribution < -0.4 is 4.74 Å². The van der Waals surface area contributed by atoms with Crippen LogP contribution in [0.15, 0.2) is 57.9 Å². The predicted molar refractivity (Wildman–Crippen MR) is 120 cm³/mol. The molecule has 0 aromatic heterocycles. The van der Waals surface area contributed by atoms with Crippen molar-refractivity contribution in [2.24, 2.45) is 0 Å². The lowest BCUT2D eigenvalue weighted by atomic mass is 10.1. The van der Waals surface area contributed by atoms with Crippen molar-refractivity contribution >= 4 is 31.9 Å². The van der Waals surface area contributed by atoms with Crippen molar-refractivity contribution < 1.29 is 17.9 Å². The molecule has 0 saturated carbocycles. The van der Waals surface area contributed by atoms with Crippen LogP contribution in [-0.2, 0) is 10.0 Å². The standard InChI is InChI=1S/C22H27BrN2O4S/c1-17-6-3-4-13-25(17)30(27,28)21-8-5-7-18(16-21)22(26)24(2)14-15-29-20-11-9-19(23)10-12-20/h5,7-12,16-17H,3-4,6,13-15H2,1-2H3. The van der Waals surface area contributed by atoms with Crippen molar-refractivity contribution in [3.8, 4) is 5.75 Å². The van der Waals surface area contributed by atoms with Crippen LogP contribution >= 0.6 is 15.9 Å². The van der Waals surface area contributed by atoms with Gasteiger partial charge in [-0.3, -0.25) is 4.79 Å². The van der Waals surface area contributed by atoms with Crippen LogP contribution in [0.1, 0.15) is 36.5 Å². The summed E-state index contributed by atoms with van der Waals surface area (Å²) in [6.07, 6.45) is 2.76. The van der Waals surface area contributed by atoms with Crippen LogP contribution in [0.3, 0.4) is 0 Å². The Labute approximate surface area is 187 Å². The zero-order chi connectivity index (χ0) is 21.7. The summed E-state index contributed by atoms with van der Waals surface area (Å²) in [7, 11) is -1.93. The molecule has 6 nitrogen and oxygen atoms in total. The Bertz CT molecular complexity index is 979. The van der Waals surface area contributed by atoms with E-state index in [1.54, 1.807) is 29.6 Å². The number of rotatable bonds is 7. The van der Waals surface area contributed by atoms with Crippen LogP contribution in [0.4, 0.5) is 0 Å². The highest BCUT2D eigenvalue weighted by Crippen LogP contribution is 2.25. The smallest absolute Gasteiger partial charge is 0.253 e. The zero-order valence-corrected chi connectivity index (χ0v) is 19.7. The van der Waals surface area contributed by atoms with Gasteiger partial charge in [-0.1, -0.05) is 28.4 Å². The molecule has 1 fully saturated rings. The number of amides is 1. The molecule has 0 spiro atoms. The Hall–Kier alpha value is -1.90. The highest BCUT2D eigenvalue weighted by atomic mass is 79.9. The van der Waals surface area contributed by atoms with E-state index in [1.165, 1.54) is 11.0 Å². The number of piperidine rings is 1. The van der Waals surface area contributed by atoms with E-state index in [0.717, 1.165) is 29.5 Å². The third-order valence-corrected chi connectivity index (χ3v) is 7.82. The SMILES string of the molecule is CC1CCCCN1S(=O)(=O)c1cccc(C(=O)N(C)CCOc2ccc(Br)cc2)c1. The molecule has 30 heavy (non-hydrogen) atoms. The highest BCUT2D eigenvalue weighted by molar-refractivity contribution is 9.10. The number of likely N-dealkylation sites (N-methyl/N-ethyl adjacent to an activating group) is 1. The van der Waals surface area contributed by atoms with Gasteiger partial charge in [0.2, 0.25) is 10.0 Å². The quantitative estimate of drug-likeness (QED) is 0.579. The lowest BCUT2D eigenvalue weighted by Gasteiger charge is -2.32. The minimum Gasteiger partial charge on any atom is -0.492 e. The summed E-state index contributed by atoms with van der Waals surface area (Å²) in [4.78, 5) is 14.5. The van der Waals surface area contributed by atoms with Gasteiger partial charge in [0.05, 0.1) is 11.4 Å². The van der Waals surface area contributed by atoms with Crippen molar-refractivity contribution in [1.82, 2.24) is 9.21 Å². The molecule has 0 aliphatic carbocycles. The van der Waals surface area contributed by atoms with E-state index < -0.39 is 10.0 Å². The second-order valence-corrected chi connectivity index (χ2v) is 10.3. The van der Waals surface area contributed by atoms with Crippen molar-refractivity contribution in [1.29, 1.82) is 0 Å². The Morgan fingerprint density at radius 1 is 1.20 bits per heavy atom. The molecule has 0 bridgehead atoms. The zero-order valence-electron chi connectivity index (χ0n) is 17.3. The molecule has 1 heterocycles. The summed E-state index contributed by atoms with van der Waals surface area (Å²) in [5.74, 6) is 0.487. The third-order valence-electron chi connectivity index (χ3n) is 5.29. The summed E-state index contributed by atoms with van der Waals surface area (Å²) < 4.78 is 34.3. The molecule has 1 unspecified atom stereocenters. The predicted octanol–water partition coefficient (Wildman–Crippen LogP) is 4.16. The van der Waals surface area contributed by atoms with Crippen LogP contribution in [0.2, 0.25) is 0 Å². The number of carbonyl (C=O) groups excluding carboxylic acids is 1. The fraction of sp³-hybridized carbons (Fsp3) is 0.409. The van der Waals surface area contributed by atoms with Crippen LogP contribution in [-0.4, -0.2) is 56.3 Å². The normalized spacial score (nSPS) is 17.5. The maximum Gasteiger partial charge on any atom is 0.253 e. The second kappa shape index (κ2) is 9.94. The summed E-state index contributed by atoms with van der Waals surface area (Å²) in [5.41, 5.74) is 0.354. The van der Waals surface area contributed by atoms with E-state index in [2.05, 4.69) is 15.9 Å². The molecule has 8 heteroatoms. The van der Waals surface area contributed by atoms with Crippen molar-refractivity contribution in [2.45, 2.75) is 37.1 Å². The van der Waals surface area contributed by atoms with Gasteiger partial charge in [-0.05, 0) is 62.2 Å². The Morgan fingerprint density at radius 2 is 1.93 bits per heavy atom. The largest absolute Gasteiger partial charge is 0.492 e. The van der Waals surface area contributed by atoms with E-state index in [-0.39, 0.29) is 16.8 Å². The van der Waals surface area contributed by atoms with E-state index in [9.17, 15) is 13.2 Å². The number of sulfonamides is 1. The Morgan fingerprint density at radius 3 is 2.63 bits per heavy atom. The molecule has 1 saturated heterocycles. The van der Waals surface area contributed by atoms with Gasteiger partial charge in [-0.15, -0.1) is 0 Å². The number of hydrogen-bond donors (Lipinski definition) is 0. The number of halogens is 1. The maximum atomic E-state index is 13.1. The lowest BCUT2D eigenvalue weighted by Crippen LogP contribution is -2.42. The Balaban J connectivity index is 1.65. The molecule has 0 radical (unpaired) electrons. The van der Waals surface area contributed by atoms with Gasteiger partial charge < -0.3 is 9.64 Å². The first kappa shape index (κ1) is 22.8. The Kier molecular flexibility index (Phi) is 7.55. The van der Waals surface area contributed by atoms with Gasteiger partial charge in [0.15, 0.2) is 0 Å². The van der Waals surface area contributed by atoms with Gasteiger partial charge in [0.1, 0.15) is 12.4 Å². The van der Waals surface area contributed by atoms with Crippen molar-refractivity contribution in [3.05, 3.63) is 58.6 Å². The van der Waals surface area contributed by atoms with Gasteiger partial charge in [-0.25, -0.2) is 8.42 Å². The van der Waals surface area contributed by atoms with Gasteiger partial charge in [-0.2, -0.15) is 4.31 Å². The summed E-state index contributed by atoms with van der Waals surface area (Å²) in [5, 5.41) is 0. The third kappa shape index (κ3) is 5.42. The molecular weight excluding hydrogens is 468 g/mol. The number of nitrogens with zero attached hydrogens (tertiary/aromatic N) is 2. The topological polar surface area (TPSA) is 66.9 Å². The first-order chi connectivity index (χ1) is 14.3. The minimum absolute atomic E-state index is 0.0264. The van der Waals surface area contributed by atoms with Crippen molar-refractivity contribution in [2.75, 3.05) is 26.7 Å². The highest BCUT2D eigenvalue weighted by Gasteiger charge is 2.31. The fourth-order valence-corrected chi connectivity index (χ4v) is 5.52. The van der Waals surface area contributed by atoms with Gasteiger partial charge in [0, 0.05) is 29.7 Å². The second-order valence-electron chi connectivity index (χ2n) is 7.52. The number of carbonyl (C=O) groups is 1. The van der Waals surface area contributed by atoms with Crippen molar-refractivity contribution in [3.63, 3.8) is 0 Å². The fourth-order valence-electron chi connectivity index (χ4n) is 3.51. The molecule has 0 N–H and O–H groups in total. The molecule has 1 amide bonds. The van der Waals surface area contributed by atoms with E-state index in [1.807, 2.05) is 31.2 Å². The first-order valence-electron chi connectivity index (χ1n) is 10.0. The van der Waals surface area contributed by atoms with Gasteiger partial charge in [0.25, 0.3) is 5.91 Å². The summed E-state index contributed by atoms with van der Waals surface area (Å²) in [6.45, 7) is 3.18. The maximum absolute atomic E-state index is 13.1. The summed E-state index contributed by atoms with van der Waals surface area (Å²) in [6, 6.07) is 13.8. The molecule has 162 valence electrons. The molecule has 2 aromatic carbocycles. The number of ether oxygens (including phenoxy) is 1. The number of hydrogen-bond acceptors (Lipinski definition) is 4. The van der Waals surface area contributed by atoms with E-state index >= 15 is 0 Å². The molecule has 3 rings (SSSR count). The first-order valence-corrected chi connectivity index (χ1v) is 12.3. The molecule has 1 atom stereocenters. The van der Waals surface area contributed by atoms with Crippen LogP contribution in [0.5, 0.6) is 5.75 Å². The average Bonchev–Trinajstić information content (AvgIpc) is 2.75. The molecule has 1 aliphatic rings. The number of benzene rings is 2. The van der Waals surface area contributed by atoms with Crippen LogP contribution in [0.25, 0.3) is 0 Å². The van der Waals surface area contributed by atoms with Gasteiger partial charge >= 0.3 is 0 Å². The summed E-state index contributed by atoms with van der Waals surface area (Å²) >= 11 is 3.38. The molecule has 1 aliphatic heterocycles. The van der Waals surface area contributed by atoms with E-state index in [4.69, 9.17) is 4.74 Å². The van der Waals surface area contributed by atoms with E-state index in [0.29, 0.717) is 25.3 Å². The minimum atomic E-state index is -3.62. The average molecular weight is 495 g/mol. The molecular formula is C22H27BrN2O4S. The lowest BCUT2D eigenvalue weighted by molar-refractivity contribution is 0.0773. The molecule has 2 aromatic rings. The monoisotopic (exact) mass is 494 g/mol.